The number of nitrogens with two attached hydrogens (primary N) is 1. The number of fused-ring (bicyclic) bond motifs is 1. The van der Waals surface area contributed by atoms with Crippen LogP contribution in [0.25, 0.3) is 0 Å². The van der Waals surface area contributed by atoms with Gasteiger partial charge in [0.25, 0.3) is 0 Å². The van der Waals surface area contributed by atoms with Gasteiger partial charge < -0.3 is 9.47 Å². The van der Waals surface area contributed by atoms with Gasteiger partial charge in [-0.15, -0.1) is 0 Å². The maximum absolute atomic E-state index is 11.2. The maximum Gasteiger partial charge on any atom is 0.239 e. The van der Waals surface area contributed by atoms with Gasteiger partial charge >= 0.3 is 0 Å². The first-order valence-corrected chi connectivity index (χ1v) is 8.45. The molecule has 0 amide bonds. The van der Waals surface area contributed by atoms with Gasteiger partial charge in [0.1, 0.15) is 23.1 Å². The summed E-state index contributed by atoms with van der Waals surface area (Å²) in [6.45, 7) is 1.08. The number of aromatic nitrogens is 1. The van der Waals surface area contributed by atoms with Crippen LogP contribution in [0.4, 0.5) is 0 Å². The van der Waals surface area contributed by atoms with E-state index in [1.807, 2.05) is 18.2 Å². The van der Waals surface area contributed by atoms with Crippen LogP contribution in [0.1, 0.15) is 0 Å². The molecule has 0 saturated carbocycles. The molecule has 8 heteroatoms. The van der Waals surface area contributed by atoms with Crippen molar-refractivity contribution in [3.63, 3.8) is 0 Å². The van der Waals surface area contributed by atoms with Crippen molar-refractivity contribution in [2.24, 2.45) is 5.14 Å². The Balaban J connectivity index is 1.80. The molecule has 0 saturated heterocycles. The van der Waals surface area contributed by atoms with Gasteiger partial charge in [0.05, 0.1) is 0 Å². The lowest BCUT2D eigenvalue weighted by molar-refractivity contribution is 0.171. The van der Waals surface area contributed by atoms with Crippen molar-refractivity contribution >= 4 is 21.8 Å². The van der Waals surface area contributed by atoms with Crippen molar-refractivity contribution in [1.82, 2.24) is 4.98 Å². The minimum absolute atomic E-state index is 0.00553. The predicted octanol–water partition coefficient (Wildman–Crippen LogP) is 1.65. The number of nitrogens with zero attached hydrogens (tertiary/aromatic N) is 1. The predicted molar refractivity (Wildman–Crippen MR) is 77.2 cm³/mol. The van der Waals surface area contributed by atoms with E-state index in [9.17, 15) is 8.42 Å². The summed E-state index contributed by atoms with van der Waals surface area (Å²) in [5.41, 5.74) is 0. The van der Waals surface area contributed by atoms with E-state index in [0.717, 1.165) is 10.6 Å². The molecule has 1 aromatic heterocycles. The van der Waals surface area contributed by atoms with Crippen molar-refractivity contribution in [3.8, 4) is 11.5 Å². The first-order valence-electron chi connectivity index (χ1n) is 6.09. The monoisotopic (exact) mass is 324 g/mol. The Morgan fingerprint density at radius 1 is 1.10 bits per heavy atom. The highest BCUT2D eigenvalue weighted by atomic mass is 32.2. The summed E-state index contributed by atoms with van der Waals surface area (Å²) >= 11 is 1.40. The zero-order chi connectivity index (χ0) is 14.9. The van der Waals surface area contributed by atoms with Gasteiger partial charge in [-0.1, -0.05) is 11.8 Å². The van der Waals surface area contributed by atoms with Crippen molar-refractivity contribution in [3.05, 3.63) is 36.5 Å². The van der Waals surface area contributed by atoms with Crippen LogP contribution in [0.2, 0.25) is 0 Å². The summed E-state index contributed by atoms with van der Waals surface area (Å²) in [4.78, 5) is 5.00. The van der Waals surface area contributed by atoms with Gasteiger partial charge in [-0.25, -0.2) is 18.5 Å². The van der Waals surface area contributed by atoms with Crippen molar-refractivity contribution < 1.29 is 17.9 Å². The number of benzene rings is 1. The Labute approximate surface area is 126 Å². The third kappa shape index (κ3) is 3.29. The Hall–Kier alpha value is -1.77. The second-order valence-corrected chi connectivity index (χ2v) is 6.94. The molecule has 6 nitrogen and oxygen atoms in total. The van der Waals surface area contributed by atoms with Crippen molar-refractivity contribution in [1.29, 1.82) is 0 Å². The lowest BCUT2D eigenvalue weighted by Crippen LogP contribution is -2.15. The third-order valence-electron chi connectivity index (χ3n) is 2.77. The fourth-order valence-corrected chi connectivity index (χ4v) is 3.05. The topological polar surface area (TPSA) is 91.5 Å². The molecule has 2 heterocycles. The number of hydrogen-bond acceptors (Lipinski definition) is 6. The van der Waals surface area contributed by atoms with Crippen LogP contribution in [-0.2, 0) is 10.0 Å². The summed E-state index contributed by atoms with van der Waals surface area (Å²) in [5, 5.41) is 5.70. The number of pyridine rings is 1. The van der Waals surface area contributed by atoms with Crippen LogP contribution in [-0.4, -0.2) is 26.6 Å². The zero-order valence-corrected chi connectivity index (χ0v) is 12.5. The molecule has 0 bridgehead atoms. The van der Waals surface area contributed by atoms with Crippen LogP contribution in [0.5, 0.6) is 11.5 Å². The summed E-state index contributed by atoms with van der Waals surface area (Å²) < 4.78 is 33.3. The fraction of sp³-hybridized carbons (Fsp3) is 0.154. The minimum Gasteiger partial charge on any atom is -0.486 e. The molecule has 1 aromatic carbocycles. The summed E-state index contributed by atoms with van der Waals surface area (Å²) in [5.74, 6) is 1.43. The van der Waals surface area contributed by atoms with E-state index in [0.29, 0.717) is 24.0 Å². The SMILES string of the molecule is NS(=O)(=O)c1ccc(Sc2ccc3c(c2)OCCO3)nc1. The molecule has 0 spiro atoms. The van der Waals surface area contributed by atoms with E-state index in [4.69, 9.17) is 14.6 Å². The van der Waals surface area contributed by atoms with E-state index in [1.54, 1.807) is 6.07 Å². The van der Waals surface area contributed by atoms with Crippen molar-refractivity contribution in [2.75, 3.05) is 13.2 Å². The molecule has 1 aliphatic heterocycles. The Kier molecular flexibility index (Phi) is 3.75. The Bertz CT molecular complexity index is 760. The molecule has 0 atom stereocenters. The molecule has 21 heavy (non-hydrogen) atoms. The summed E-state index contributed by atoms with van der Waals surface area (Å²) in [6.07, 6.45) is 1.25. The molecule has 1 aliphatic rings. The summed E-state index contributed by atoms with van der Waals surface area (Å²) in [7, 11) is -3.71. The second kappa shape index (κ2) is 5.55. The maximum atomic E-state index is 11.2. The van der Waals surface area contributed by atoms with E-state index in [-0.39, 0.29) is 4.90 Å². The number of rotatable bonds is 3. The number of primary sulfonamides is 1. The highest BCUT2D eigenvalue weighted by Gasteiger charge is 2.13. The molecular formula is C13H12N2O4S2. The molecule has 0 radical (unpaired) electrons. The van der Waals surface area contributed by atoms with Gasteiger partial charge in [-0.2, -0.15) is 0 Å². The first kappa shape index (κ1) is 14.2. The molecule has 2 aromatic rings. The van der Waals surface area contributed by atoms with E-state index in [2.05, 4.69) is 4.98 Å². The van der Waals surface area contributed by atoms with Crippen LogP contribution >= 0.6 is 11.8 Å². The lowest BCUT2D eigenvalue weighted by Gasteiger charge is -2.18. The zero-order valence-electron chi connectivity index (χ0n) is 10.9. The average Bonchev–Trinajstić information content (AvgIpc) is 2.47. The van der Waals surface area contributed by atoms with Crippen LogP contribution < -0.4 is 14.6 Å². The highest BCUT2D eigenvalue weighted by Crippen LogP contribution is 2.36. The largest absolute Gasteiger partial charge is 0.486 e. The molecule has 0 fully saturated rings. The van der Waals surface area contributed by atoms with Crippen LogP contribution in [0.3, 0.4) is 0 Å². The lowest BCUT2D eigenvalue weighted by atomic mass is 10.3. The average molecular weight is 324 g/mol. The van der Waals surface area contributed by atoms with Gasteiger partial charge in [0.15, 0.2) is 11.5 Å². The summed E-state index contributed by atoms with van der Waals surface area (Å²) in [6, 6.07) is 8.65. The number of hydrogen-bond donors (Lipinski definition) is 1. The van der Waals surface area contributed by atoms with Gasteiger partial charge in [0, 0.05) is 11.1 Å². The standard InChI is InChI=1S/C13H12N2O4S2/c14-21(16,17)10-2-4-13(15-8-10)20-9-1-3-11-12(7-9)19-6-5-18-11/h1-4,7-8H,5-6H2,(H2,14,16,17). The molecule has 110 valence electrons. The van der Waals surface area contributed by atoms with Gasteiger partial charge in [-0.05, 0) is 30.3 Å². The third-order valence-corrected chi connectivity index (χ3v) is 4.61. The minimum atomic E-state index is -3.71. The number of ether oxygens (including phenoxy) is 2. The van der Waals surface area contributed by atoms with Crippen LogP contribution in [0, 0.1) is 0 Å². The Morgan fingerprint density at radius 3 is 2.52 bits per heavy atom. The molecule has 0 unspecified atom stereocenters. The van der Waals surface area contributed by atoms with E-state index < -0.39 is 10.0 Å². The highest BCUT2D eigenvalue weighted by molar-refractivity contribution is 7.99. The van der Waals surface area contributed by atoms with Gasteiger partial charge in [-0.3, -0.25) is 0 Å². The van der Waals surface area contributed by atoms with Crippen LogP contribution in [0.15, 0.2) is 51.3 Å². The molecular weight excluding hydrogens is 312 g/mol. The quantitative estimate of drug-likeness (QED) is 0.923. The second-order valence-electron chi connectivity index (χ2n) is 4.28. The molecule has 0 aliphatic carbocycles. The smallest absolute Gasteiger partial charge is 0.239 e. The Morgan fingerprint density at radius 2 is 1.86 bits per heavy atom. The molecule has 2 N–H and O–H groups in total. The van der Waals surface area contributed by atoms with E-state index >= 15 is 0 Å². The fourth-order valence-electron chi connectivity index (χ4n) is 1.80. The number of sulfonamides is 1. The normalized spacial score (nSPS) is 14.0. The van der Waals surface area contributed by atoms with Crippen molar-refractivity contribution in [2.45, 2.75) is 14.8 Å². The van der Waals surface area contributed by atoms with E-state index in [1.165, 1.54) is 24.0 Å². The van der Waals surface area contributed by atoms with Gasteiger partial charge in [0.2, 0.25) is 10.0 Å². The molecule has 3 rings (SSSR count). The first-order chi connectivity index (χ1) is 10.0.